The first kappa shape index (κ1) is 20.3. The van der Waals surface area contributed by atoms with Crippen molar-refractivity contribution in [2.45, 2.75) is 38.8 Å². The molecule has 0 aliphatic carbocycles. The number of likely N-dealkylation sites (tertiary alicyclic amines) is 1. The van der Waals surface area contributed by atoms with Gasteiger partial charge in [-0.1, -0.05) is 12.1 Å². The van der Waals surface area contributed by atoms with Crippen LogP contribution in [0.3, 0.4) is 0 Å². The molecule has 3 rings (SSSR count). The van der Waals surface area contributed by atoms with E-state index in [9.17, 15) is 13.6 Å². The molecule has 1 atom stereocenters. The van der Waals surface area contributed by atoms with Crippen LogP contribution in [-0.2, 0) is 11.3 Å². The van der Waals surface area contributed by atoms with Crippen molar-refractivity contribution in [3.05, 3.63) is 65.2 Å². The third-order valence-electron chi connectivity index (χ3n) is 5.06. The first-order chi connectivity index (χ1) is 13.5. The van der Waals surface area contributed by atoms with Crippen LogP contribution < -0.4 is 10.1 Å². The van der Waals surface area contributed by atoms with Crippen molar-refractivity contribution < 1.29 is 18.3 Å². The number of rotatable bonds is 9. The number of nitrogens with zero attached hydrogens (tertiary/aromatic N) is 1. The fourth-order valence-electron chi connectivity index (χ4n) is 3.41. The van der Waals surface area contributed by atoms with E-state index in [0.717, 1.165) is 24.9 Å². The smallest absolute Gasteiger partial charge is 0.223 e. The van der Waals surface area contributed by atoms with Gasteiger partial charge >= 0.3 is 0 Å². The lowest BCUT2D eigenvalue weighted by atomic mass is 10.1. The Morgan fingerprint density at radius 2 is 1.93 bits per heavy atom. The lowest BCUT2D eigenvalue weighted by molar-refractivity contribution is -0.129. The van der Waals surface area contributed by atoms with Gasteiger partial charge in [0.25, 0.3) is 0 Å². The number of aryl methyl sites for hydroxylation is 1. The van der Waals surface area contributed by atoms with Crippen molar-refractivity contribution in [1.82, 2.24) is 10.2 Å². The topological polar surface area (TPSA) is 41.6 Å². The van der Waals surface area contributed by atoms with E-state index < -0.39 is 0 Å². The summed E-state index contributed by atoms with van der Waals surface area (Å²) in [6.45, 7) is 4.11. The predicted molar refractivity (Wildman–Crippen MR) is 104 cm³/mol. The first-order valence-corrected chi connectivity index (χ1v) is 9.66. The third kappa shape index (κ3) is 5.52. The molecular weight excluding hydrogens is 362 g/mol. The molecule has 1 saturated heterocycles. The van der Waals surface area contributed by atoms with Gasteiger partial charge in [-0.2, -0.15) is 0 Å². The van der Waals surface area contributed by atoms with E-state index in [2.05, 4.69) is 5.32 Å². The van der Waals surface area contributed by atoms with E-state index in [1.54, 1.807) is 25.1 Å². The molecule has 2 aromatic rings. The van der Waals surface area contributed by atoms with E-state index in [1.165, 1.54) is 18.2 Å². The molecule has 1 aliphatic rings. The minimum Gasteiger partial charge on any atom is -0.492 e. The Bertz CT molecular complexity index is 796. The molecular formula is C22H26F2N2O2. The monoisotopic (exact) mass is 388 g/mol. The second-order valence-corrected chi connectivity index (χ2v) is 7.14. The zero-order valence-electron chi connectivity index (χ0n) is 16.1. The Hall–Kier alpha value is -2.47. The Kier molecular flexibility index (Phi) is 6.98. The number of hydrogen-bond acceptors (Lipinski definition) is 3. The Morgan fingerprint density at radius 1 is 1.14 bits per heavy atom. The van der Waals surface area contributed by atoms with Gasteiger partial charge in [-0.05, 0) is 67.8 Å². The van der Waals surface area contributed by atoms with E-state index in [1.807, 2.05) is 11.0 Å². The van der Waals surface area contributed by atoms with Crippen LogP contribution in [0.5, 0.6) is 5.75 Å². The van der Waals surface area contributed by atoms with Gasteiger partial charge in [0.2, 0.25) is 5.91 Å². The summed E-state index contributed by atoms with van der Waals surface area (Å²) < 4.78 is 32.2. The molecule has 0 radical (unpaired) electrons. The van der Waals surface area contributed by atoms with Crippen molar-refractivity contribution in [2.75, 3.05) is 19.7 Å². The van der Waals surface area contributed by atoms with Crippen LogP contribution in [0.1, 0.15) is 30.4 Å². The highest BCUT2D eigenvalue weighted by atomic mass is 19.1. The molecule has 6 heteroatoms. The minimum absolute atomic E-state index is 0.130. The predicted octanol–water partition coefficient (Wildman–Crippen LogP) is 3.82. The summed E-state index contributed by atoms with van der Waals surface area (Å²) in [6.07, 6.45) is 2.23. The zero-order chi connectivity index (χ0) is 19.9. The molecule has 1 unspecified atom stereocenters. The van der Waals surface area contributed by atoms with Gasteiger partial charge in [0.1, 0.15) is 24.0 Å². The molecule has 0 saturated carbocycles. The summed E-state index contributed by atoms with van der Waals surface area (Å²) in [5, 5.41) is 3.31. The molecule has 0 spiro atoms. The quantitative estimate of drug-likeness (QED) is 0.664. The summed E-state index contributed by atoms with van der Waals surface area (Å²) in [5.41, 5.74) is 1.43. The Labute approximate surface area is 164 Å². The molecule has 1 aliphatic heterocycles. The lowest BCUT2D eigenvalue weighted by Gasteiger charge is -2.25. The molecule has 0 aromatic heterocycles. The molecule has 0 bridgehead atoms. The van der Waals surface area contributed by atoms with E-state index in [4.69, 9.17) is 4.74 Å². The Morgan fingerprint density at radius 3 is 2.68 bits per heavy atom. The van der Waals surface area contributed by atoms with Gasteiger partial charge < -0.3 is 15.0 Å². The van der Waals surface area contributed by atoms with E-state index >= 15 is 0 Å². The number of halogens is 2. The van der Waals surface area contributed by atoms with Gasteiger partial charge in [0.15, 0.2) is 0 Å². The van der Waals surface area contributed by atoms with Crippen molar-refractivity contribution in [3.8, 4) is 5.75 Å². The molecule has 1 fully saturated rings. The second kappa shape index (κ2) is 9.64. The SMILES string of the molecule is Cc1ccc(CN2C(=O)CCC2CCNCCOc2ccc(F)cc2)cc1F. The molecule has 1 heterocycles. The van der Waals surface area contributed by atoms with Crippen LogP contribution in [0.15, 0.2) is 42.5 Å². The number of amides is 1. The Balaban J connectivity index is 1.39. The van der Waals surface area contributed by atoms with E-state index in [-0.39, 0.29) is 23.6 Å². The average Bonchev–Trinajstić information content (AvgIpc) is 3.02. The van der Waals surface area contributed by atoms with Crippen LogP contribution in [0.25, 0.3) is 0 Å². The zero-order valence-corrected chi connectivity index (χ0v) is 16.1. The number of hydrogen-bond donors (Lipinski definition) is 1. The molecule has 4 nitrogen and oxygen atoms in total. The lowest BCUT2D eigenvalue weighted by Crippen LogP contribution is -2.35. The van der Waals surface area contributed by atoms with Crippen molar-refractivity contribution in [1.29, 1.82) is 0 Å². The van der Waals surface area contributed by atoms with Crippen molar-refractivity contribution in [3.63, 3.8) is 0 Å². The highest BCUT2D eigenvalue weighted by Gasteiger charge is 2.30. The first-order valence-electron chi connectivity index (χ1n) is 9.66. The maximum atomic E-state index is 13.8. The fourth-order valence-corrected chi connectivity index (χ4v) is 3.41. The van der Waals surface area contributed by atoms with Crippen LogP contribution in [-0.4, -0.2) is 36.5 Å². The van der Waals surface area contributed by atoms with Crippen LogP contribution >= 0.6 is 0 Å². The van der Waals surface area contributed by atoms with Gasteiger partial charge in [-0.25, -0.2) is 8.78 Å². The van der Waals surface area contributed by atoms with Gasteiger partial charge in [-0.15, -0.1) is 0 Å². The van der Waals surface area contributed by atoms with Gasteiger partial charge in [0, 0.05) is 25.6 Å². The maximum Gasteiger partial charge on any atom is 0.223 e. The number of carbonyl (C=O) groups excluding carboxylic acids is 1. The van der Waals surface area contributed by atoms with Gasteiger partial charge in [-0.3, -0.25) is 4.79 Å². The van der Waals surface area contributed by atoms with Crippen molar-refractivity contribution >= 4 is 5.91 Å². The molecule has 1 amide bonds. The number of ether oxygens (including phenoxy) is 1. The minimum atomic E-state index is -0.283. The van der Waals surface area contributed by atoms with Crippen LogP contribution in [0.4, 0.5) is 8.78 Å². The number of benzene rings is 2. The van der Waals surface area contributed by atoms with E-state index in [0.29, 0.717) is 37.4 Å². The summed E-state index contributed by atoms with van der Waals surface area (Å²) >= 11 is 0. The maximum absolute atomic E-state index is 13.8. The summed E-state index contributed by atoms with van der Waals surface area (Å²) in [7, 11) is 0. The average molecular weight is 388 g/mol. The number of nitrogens with one attached hydrogen (secondary N) is 1. The molecule has 150 valence electrons. The molecule has 28 heavy (non-hydrogen) atoms. The van der Waals surface area contributed by atoms with Gasteiger partial charge in [0.05, 0.1) is 0 Å². The third-order valence-corrected chi connectivity index (χ3v) is 5.06. The highest BCUT2D eigenvalue weighted by molar-refractivity contribution is 5.78. The summed E-state index contributed by atoms with van der Waals surface area (Å²) in [5.74, 6) is 0.254. The van der Waals surface area contributed by atoms with Crippen LogP contribution in [0, 0.1) is 18.6 Å². The molecule has 2 aromatic carbocycles. The fraction of sp³-hybridized carbons (Fsp3) is 0.409. The normalized spacial score (nSPS) is 16.6. The van der Waals surface area contributed by atoms with Crippen LogP contribution in [0.2, 0.25) is 0 Å². The summed E-state index contributed by atoms with van der Waals surface area (Å²) in [6, 6.07) is 11.3. The standard InChI is InChI=1S/C22H26F2N2O2/c1-16-2-3-17(14-21(16)24)15-26-19(6-9-22(26)27)10-11-25-12-13-28-20-7-4-18(23)5-8-20/h2-5,7-8,14,19,25H,6,9-13,15H2,1H3. The second-order valence-electron chi connectivity index (χ2n) is 7.14. The molecule has 1 N–H and O–H groups in total. The van der Waals surface area contributed by atoms with Crippen molar-refractivity contribution in [2.24, 2.45) is 0 Å². The largest absolute Gasteiger partial charge is 0.492 e. The number of carbonyl (C=O) groups is 1. The highest BCUT2D eigenvalue weighted by Crippen LogP contribution is 2.24. The summed E-state index contributed by atoms with van der Waals surface area (Å²) in [4.78, 5) is 14.1.